The second-order valence-corrected chi connectivity index (χ2v) is 8.67. The molecule has 3 nitrogen and oxygen atoms in total. The molecule has 0 atom stereocenters. The van der Waals surface area contributed by atoms with Crippen LogP contribution in [0.2, 0.25) is 0 Å². The topological polar surface area (TPSA) is 37.4 Å². The monoisotopic (exact) mass is 375 g/mol. The van der Waals surface area contributed by atoms with Crippen LogP contribution in [0.1, 0.15) is 22.3 Å². The van der Waals surface area contributed by atoms with Gasteiger partial charge in [0.2, 0.25) is 0 Å². The van der Waals surface area contributed by atoms with Crippen LogP contribution in [0.3, 0.4) is 0 Å². The molecule has 0 radical (unpaired) electrons. The van der Waals surface area contributed by atoms with E-state index in [1.807, 2.05) is 68.5 Å². The van der Waals surface area contributed by atoms with Crippen molar-refractivity contribution in [3.05, 3.63) is 101 Å². The first kappa shape index (κ1) is 17.6. The zero-order valence-corrected chi connectivity index (χ0v) is 16.2. The molecule has 1 aliphatic heterocycles. The van der Waals surface area contributed by atoms with E-state index in [-0.39, 0.29) is 0 Å². The Kier molecular flexibility index (Phi) is 4.36. The predicted molar refractivity (Wildman–Crippen MR) is 110 cm³/mol. The average Bonchev–Trinajstić information content (AvgIpc) is 2.68. The maximum absolute atomic E-state index is 13.4. The number of hydrogen-bond acceptors (Lipinski definition) is 2. The third-order valence-corrected chi connectivity index (χ3v) is 6.71. The van der Waals surface area contributed by atoms with E-state index in [1.165, 1.54) is 4.31 Å². The van der Waals surface area contributed by atoms with Gasteiger partial charge < -0.3 is 0 Å². The molecule has 0 unspecified atom stereocenters. The second kappa shape index (κ2) is 6.71. The number of anilines is 1. The van der Waals surface area contributed by atoms with E-state index in [0.717, 1.165) is 33.5 Å². The fourth-order valence-corrected chi connectivity index (χ4v) is 5.02. The van der Waals surface area contributed by atoms with Gasteiger partial charge in [0.1, 0.15) is 0 Å². The summed E-state index contributed by atoms with van der Waals surface area (Å²) in [6, 6.07) is 23.1. The summed E-state index contributed by atoms with van der Waals surface area (Å²) in [5.74, 6) is 0. The highest BCUT2D eigenvalue weighted by atomic mass is 32.2. The Morgan fingerprint density at radius 1 is 0.815 bits per heavy atom. The SMILES string of the molecule is Cc1ccc(S(=O)(=O)N2CC=C(c3ccccc3)c3cccc(C)c32)cc1. The van der Waals surface area contributed by atoms with Gasteiger partial charge in [-0.25, -0.2) is 8.42 Å². The van der Waals surface area contributed by atoms with Gasteiger partial charge in [-0.15, -0.1) is 0 Å². The van der Waals surface area contributed by atoms with E-state index in [4.69, 9.17) is 0 Å². The van der Waals surface area contributed by atoms with E-state index >= 15 is 0 Å². The van der Waals surface area contributed by atoms with Crippen LogP contribution < -0.4 is 4.31 Å². The van der Waals surface area contributed by atoms with Crippen molar-refractivity contribution in [3.8, 4) is 0 Å². The molecule has 27 heavy (non-hydrogen) atoms. The Balaban J connectivity index is 1.87. The van der Waals surface area contributed by atoms with E-state index in [2.05, 4.69) is 12.1 Å². The third-order valence-electron chi connectivity index (χ3n) is 4.93. The van der Waals surface area contributed by atoms with Crippen LogP contribution >= 0.6 is 0 Å². The van der Waals surface area contributed by atoms with Crippen LogP contribution in [0.4, 0.5) is 5.69 Å². The average molecular weight is 375 g/mol. The van der Waals surface area contributed by atoms with Crippen LogP contribution in [-0.4, -0.2) is 15.0 Å². The third kappa shape index (κ3) is 3.06. The summed E-state index contributed by atoms with van der Waals surface area (Å²) in [7, 11) is -3.63. The Morgan fingerprint density at radius 2 is 1.52 bits per heavy atom. The molecule has 0 amide bonds. The van der Waals surface area contributed by atoms with Gasteiger partial charge in [-0.3, -0.25) is 4.31 Å². The fraction of sp³-hybridized carbons (Fsp3) is 0.130. The molecule has 1 aliphatic rings. The van der Waals surface area contributed by atoms with Gasteiger partial charge >= 0.3 is 0 Å². The van der Waals surface area contributed by atoms with Gasteiger partial charge in [0.25, 0.3) is 10.0 Å². The molecule has 0 aliphatic carbocycles. The number of sulfonamides is 1. The molecule has 0 N–H and O–H groups in total. The molecule has 0 saturated heterocycles. The first-order valence-electron chi connectivity index (χ1n) is 8.93. The van der Waals surface area contributed by atoms with Gasteiger partial charge in [-0.2, -0.15) is 0 Å². The standard InChI is InChI=1S/C23H21NO2S/c1-17-11-13-20(14-12-17)27(25,26)24-16-15-21(19-8-4-3-5-9-19)22-10-6-7-18(2)23(22)24/h3-15H,16H2,1-2H3. The molecule has 0 spiro atoms. The highest BCUT2D eigenvalue weighted by Crippen LogP contribution is 2.40. The van der Waals surface area contributed by atoms with E-state index in [9.17, 15) is 8.42 Å². The maximum atomic E-state index is 13.4. The normalized spacial score (nSPS) is 13.9. The number of benzene rings is 3. The van der Waals surface area contributed by atoms with Crippen molar-refractivity contribution < 1.29 is 8.42 Å². The molecule has 4 heteroatoms. The Labute approximate surface area is 160 Å². The molecular weight excluding hydrogens is 354 g/mol. The van der Waals surface area contributed by atoms with Crippen molar-refractivity contribution in [2.75, 3.05) is 10.8 Å². The van der Waals surface area contributed by atoms with Crippen molar-refractivity contribution in [3.63, 3.8) is 0 Å². The number of nitrogens with zero attached hydrogens (tertiary/aromatic N) is 1. The summed E-state index contributed by atoms with van der Waals surface area (Å²) >= 11 is 0. The van der Waals surface area contributed by atoms with Crippen LogP contribution in [0.25, 0.3) is 5.57 Å². The Bertz CT molecular complexity index is 1110. The minimum absolute atomic E-state index is 0.318. The zero-order valence-electron chi connectivity index (χ0n) is 15.4. The van der Waals surface area contributed by atoms with E-state index < -0.39 is 10.0 Å². The van der Waals surface area contributed by atoms with Crippen LogP contribution in [0, 0.1) is 13.8 Å². The minimum Gasteiger partial charge on any atom is -0.262 e. The van der Waals surface area contributed by atoms with E-state index in [1.54, 1.807) is 12.1 Å². The summed E-state index contributed by atoms with van der Waals surface area (Å²) < 4.78 is 28.2. The van der Waals surface area contributed by atoms with Crippen LogP contribution in [-0.2, 0) is 10.0 Å². The highest BCUT2D eigenvalue weighted by molar-refractivity contribution is 7.92. The fourth-order valence-electron chi connectivity index (χ4n) is 3.53. The lowest BCUT2D eigenvalue weighted by Crippen LogP contribution is -2.34. The molecular formula is C23H21NO2S. The largest absolute Gasteiger partial charge is 0.264 e. The molecule has 1 heterocycles. The molecule has 0 saturated carbocycles. The maximum Gasteiger partial charge on any atom is 0.264 e. The molecule has 3 aromatic rings. The van der Waals surface area contributed by atoms with Crippen molar-refractivity contribution in [2.45, 2.75) is 18.7 Å². The van der Waals surface area contributed by atoms with Gasteiger partial charge in [0.15, 0.2) is 0 Å². The minimum atomic E-state index is -3.63. The lowest BCUT2D eigenvalue weighted by molar-refractivity contribution is 0.592. The predicted octanol–water partition coefficient (Wildman–Crippen LogP) is 4.94. The second-order valence-electron chi connectivity index (χ2n) is 6.80. The van der Waals surface area contributed by atoms with E-state index in [0.29, 0.717) is 11.4 Å². The smallest absolute Gasteiger partial charge is 0.262 e. The van der Waals surface area contributed by atoms with Crippen molar-refractivity contribution >= 4 is 21.3 Å². The highest BCUT2D eigenvalue weighted by Gasteiger charge is 2.31. The number of aryl methyl sites for hydroxylation is 2. The number of para-hydroxylation sites is 1. The zero-order chi connectivity index (χ0) is 19.0. The first-order chi connectivity index (χ1) is 13.0. The summed E-state index contributed by atoms with van der Waals surface area (Å²) in [6.45, 7) is 4.23. The molecule has 0 aromatic heterocycles. The molecule has 4 rings (SSSR count). The summed E-state index contributed by atoms with van der Waals surface area (Å²) in [5.41, 5.74) is 5.86. The quantitative estimate of drug-likeness (QED) is 0.650. The van der Waals surface area contributed by atoms with Crippen molar-refractivity contribution in [1.29, 1.82) is 0 Å². The molecule has 3 aromatic carbocycles. The number of hydrogen-bond donors (Lipinski definition) is 0. The van der Waals surface area contributed by atoms with Gasteiger partial charge in [0.05, 0.1) is 17.1 Å². The lowest BCUT2D eigenvalue weighted by Gasteiger charge is -2.32. The number of fused-ring (bicyclic) bond motifs is 1. The Hall–Kier alpha value is -2.85. The Morgan fingerprint density at radius 3 is 2.22 bits per heavy atom. The van der Waals surface area contributed by atoms with Crippen LogP contribution in [0.5, 0.6) is 0 Å². The van der Waals surface area contributed by atoms with Crippen LogP contribution in [0.15, 0.2) is 83.8 Å². The summed E-state index contributed by atoms with van der Waals surface area (Å²) in [6.07, 6.45) is 2.00. The molecule has 0 fully saturated rings. The molecule has 136 valence electrons. The number of rotatable bonds is 3. The van der Waals surface area contributed by atoms with Gasteiger partial charge in [0, 0.05) is 5.56 Å². The lowest BCUT2D eigenvalue weighted by atomic mass is 9.92. The van der Waals surface area contributed by atoms with Gasteiger partial charge in [-0.05, 0) is 42.7 Å². The van der Waals surface area contributed by atoms with Gasteiger partial charge in [-0.1, -0.05) is 72.3 Å². The van der Waals surface area contributed by atoms with Crippen molar-refractivity contribution in [2.24, 2.45) is 0 Å². The summed E-state index contributed by atoms with van der Waals surface area (Å²) in [5, 5.41) is 0. The molecule has 0 bridgehead atoms. The first-order valence-corrected chi connectivity index (χ1v) is 10.4. The summed E-state index contributed by atoms with van der Waals surface area (Å²) in [4.78, 5) is 0.318. The van der Waals surface area contributed by atoms with Crippen molar-refractivity contribution in [1.82, 2.24) is 0 Å².